The Hall–Kier alpha value is -4.36. The third-order valence-electron chi connectivity index (χ3n) is 5.91. The highest BCUT2D eigenvalue weighted by molar-refractivity contribution is 7.61. The van der Waals surface area contributed by atoms with E-state index in [1.54, 1.807) is 6.07 Å². The average Bonchev–Trinajstić information content (AvgIpc) is 2.86. The minimum Gasteiger partial charge on any atom is -0.288 e. The summed E-state index contributed by atoms with van der Waals surface area (Å²) in [5, 5.41) is 20.5. The molecule has 0 bridgehead atoms. The molecular formula is C25H20N4O5S. The second-order valence-electron chi connectivity index (χ2n) is 8.03. The maximum atomic E-state index is 13.3. The summed E-state index contributed by atoms with van der Waals surface area (Å²) in [7, 11) is -2.70. The fraction of sp³-hybridized carbons (Fsp3) is 0.200. The van der Waals surface area contributed by atoms with Crippen LogP contribution in [0.15, 0.2) is 71.1 Å². The standard InChI is InChI=1S/C25H20N4O5S/c26-16-17-6-7-19(23(14-17)29(31)32)10-13-25(30)28-22-11-8-20(18-4-2-1-3-5-18)15-21(22)9-12-24(28)27-35(33)34/h1-8,11,14-15,24H,9-10,12-13H2. The van der Waals surface area contributed by atoms with Crippen molar-refractivity contribution in [2.45, 2.75) is 31.8 Å². The smallest absolute Gasteiger partial charge is 0.288 e. The molecule has 0 fully saturated rings. The van der Waals surface area contributed by atoms with E-state index >= 15 is 0 Å². The molecule has 1 aliphatic heterocycles. The SMILES string of the molecule is N#Cc1ccc(CCC(=O)N2c3ccc(-c4ccccc4)cc3CCC2N=S(=O)=O)c([N+](=O)[O-])c1. The highest BCUT2D eigenvalue weighted by Crippen LogP contribution is 2.35. The number of aryl methyl sites for hydroxylation is 2. The molecule has 35 heavy (non-hydrogen) atoms. The molecule has 0 aliphatic carbocycles. The minimum atomic E-state index is -2.70. The molecule has 3 aromatic carbocycles. The molecule has 176 valence electrons. The number of nitro benzene ring substituents is 1. The van der Waals surface area contributed by atoms with Crippen molar-refractivity contribution in [2.24, 2.45) is 4.36 Å². The quantitative estimate of drug-likeness (QED) is 0.372. The lowest BCUT2D eigenvalue weighted by Crippen LogP contribution is -2.43. The first-order valence-electron chi connectivity index (χ1n) is 10.9. The number of hydrogen-bond donors (Lipinski definition) is 0. The molecule has 10 heteroatoms. The summed E-state index contributed by atoms with van der Waals surface area (Å²) in [6.07, 6.45) is -0.0350. The predicted octanol–water partition coefficient (Wildman–Crippen LogP) is 4.43. The van der Waals surface area contributed by atoms with Crippen LogP contribution in [0, 0.1) is 21.4 Å². The Kier molecular flexibility index (Phi) is 6.98. The first kappa shape index (κ1) is 23.8. The van der Waals surface area contributed by atoms with Gasteiger partial charge in [-0.3, -0.25) is 19.8 Å². The number of amides is 1. The summed E-state index contributed by atoms with van der Waals surface area (Å²) >= 11 is 0. The van der Waals surface area contributed by atoms with Gasteiger partial charge in [-0.1, -0.05) is 42.5 Å². The topological polar surface area (TPSA) is 134 Å². The van der Waals surface area contributed by atoms with Gasteiger partial charge in [0, 0.05) is 23.7 Å². The van der Waals surface area contributed by atoms with Gasteiger partial charge in [0.2, 0.25) is 5.91 Å². The Balaban J connectivity index is 1.65. The third kappa shape index (κ3) is 5.26. The normalized spacial score (nSPS) is 14.5. The molecule has 1 amide bonds. The zero-order chi connectivity index (χ0) is 24.9. The van der Waals surface area contributed by atoms with Crippen LogP contribution in [0.25, 0.3) is 11.1 Å². The van der Waals surface area contributed by atoms with Gasteiger partial charge in [0.15, 0.2) is 0 Å². The number of benzene rings is 3. The minimum absolute atomic E-state index is 0.0575. The van der Waals surface area contributed by atoms with Crippen molar-refractivity contribution in [3.8, 4) is 17.2 Å². The van der Waals surface area contributed by atoms with Crippen molar-refractivity contribution in [2.75, 3.05) is 4.90 Å². The second kappa shape index (κ2) is 10.3. The zero-order valence-corrected chi connectivity index (χ0v) is 19.3. The second-order valence-corrected chi connectivity index (χ2v) is 8.67. The van der Waals surface area contributed by atoms with Gasteiger partial charge in [0.25, 0.3) is 5.69 Å². The molecule has 1 unspecified atom stereocenters. The zero-order valence-electron chi connectivity index (χ0n) is 18.5. The van der Waals surface area contributed by atoms with E-state index < -0.39 is 27.5 Å². The molecule has 0 saturated carbocycles. The van der Waals surface area contributed by atoms with Gasteiger partial charge < -0.3 is 0 Å². The Morgan fingerprint density at radius 3 is 2.57 bits per heavy atom. The van der Waals surface area contributed by atoms with Gasteiger partial charge >= 0.3 is 10.5 Å². The predicted molar refractivity (Wildman–Crippen MR) is 129 cm³/mol. The lowest BCUT2D eigenvalue weighted by Gasteiger charge is -2.34. The van der Waals surface area contributed by atoms with Crippen molar-refractivity contribution in [3.63, 3.8) is 0 Å². The largest absolute Gasteiger partial charge is 0.313 e. The van der Waals surface area contributed by atoms with Gasteiger partial charge in [-0.25, -0.2) is 0 Å². The monoisotopic (exact) mass is 488 g/mol. The molecule has 1 aliphatic rings. The molecule has 0 spiro atoms. The first-order valence-corrected chi connectivity index (χ1v) is 11.9. The molecule has 0 aromatic heterocycles. The van der Waals surface area contributed by atoms with Crippen molar-refractivity contribution < 1.29 is 18.1 Å². The number of fused-ring (bicyclic) bond motifs is 1. The van der Waals surface area contributed by atoms with Gasteiger partial charge in [0.05, 0.1) is 16.6 Å². The van der Waals surface area contributed by atoms with Crippen LogP contribution in [0.5, 0.6) is 0 Å². The lowest BCUT2D eigenvalue weighted by molar-refractivity contribution is -0.385. The number of rotatable bonds is 6. The Morgan fingerprint density at radius 1 is 1.11 bits per heavy atom. The molecule has 1 heterocycles. The van der Waals surface area contributed by atoms with Crippen LogP contribution in [0.2, 0.25) is 0 Å². The summed E-state index contributed by atoms with van der Waals surface area (Å²) in [6.45, 7) is 0. The number of carbonyl (C=O) groups is 1. The van der Waals surface area contributed by atoms with Gasteiger partial charge in [-0.15, -0.1) is 4.36 Å². The number of nitriles is 1. The molecule has 4 rings (SSSR count). The molecular weight excluding hydrogens is 468 g/mol. The van der Waals surface area contributed by atoms with E-state index in [9.17, 15) is 23.3 Å². The fourth-order valence-corrected chi connectivity index (χ4v) is 4.68. The van der Waals surface area contributed by atoms with Gasteiger partial charge in [0.1, 0.15) is 6.17 Å². The summed E-state index contributed by atoms with van der Waals surface area (Å²) in [6, 6.07) is 21.4. The lowest BCUT2D eigenvalue weighted by atomic mass is 9.94. The van der Waals surface area contributed by atoms with Gasteiger partial charge in [-0.2, -0.15) is 13.7 Å². The maximum Gasteiger partial charge on any atom is 0.313 e. The molecule has 0 radical (unpaired) electrons. The number of nitrogens with zero attached hydrogens (tertiary/aromatic N) is 4. The van der Waals surface area contributed by atoms with E-state index in [4.69, 9.17) is 5.26 Å². The van der Waals surface area contributed by atoms with Crippen LogP contribution in [-0.2, 0) is 28.1 Å². The third-order valence-corrected chi connectivity index (χ3v) is 6.33. The maximum absolute atomic E-state index is 13.3. The van der Waals surface area contributed by atoms with Crippen molar-refractivity contribution in [3.05, 3.63) is 93.5 Å². The number of nitro groups is 1. The molecule has 3 aromatic rings. The number of carbonyl (C=O) groups excluding carboxylic acids is 1. The fourth-order valence-electron chi connectivity index (χ4n) is 4.28. The number of anilines is 1. The summed E-state index contributed by atoms with van der Waals surface area (Å²) < 4.78 is 26.4. The van der Waals surface area contributed by atoms with E-state index in [0.717, 1.165) is 16.7 Å². The van der Waals surface area contributed by atoms with Crippen LogP contribution in [0.1, 0.15) is 29.5 Å². The van der Waals surface area contributed by atoms with Crippen molar-refractivity contribution >= 4 is 27.8 Å². The van der Waals surface area contributed by atoms with Crippen LogP contribution in [0.3, 0.4) is 0 Å². The highest BCUT2D eigenvalue weighted by atomic mass is 32.2. The van der Waals surface area contributed by atoms with Crippen molar-refractivity contribution in [1.29, 1.82) is 5.26 Å². The highest BCUT2D eigenvalue weighted by Gasteiger charge is 2.31. The Morgan fingerprint density at radius 2 is 1.89 bits per heavy atom. The average molecular weight is 489 g/mol. The van der Waals surface area contributed by atoms with E-state index in [1.807, 2.05) is 48.5 Å². The number of hydrogen-bond acceptors (Lipinski definition) is 7. The summed E-state index contributed by atoms with van der Waals surface area (Å²) in [5.74, 6) is -0.392. The molecule has 9 nitrogen and oxygen atoms in total. The molecule has 0 saturated heterocycles. The van der Waals surface area contributed by atoms with Crippen LogP contribution in [0.4, 0.5) is 11.4 Å². The molecule has 0 N–H and O–H groups in total. The van der Waals surface area contributed by atoms with Crippen LogP contribution in [-0.4, -0.2) is 25.4 Å². The van der Waals surface area contributed by atoms with E-state index in [1.165, 1.54) is 23.1 Å². The summed E-state index contributed by atoms with van der Waals surface area (Å²) in [4.78, 5) is 25.6. The first-order chi connectivity index (χ1) is 16.9. The van der Waals surface area contributed by atoms with E-state index in [-0.39, 0.29) is 24.1 Å². The van der Waals surface area contributed by atoms with E-state index in [0.29, 0.717) is 24.1 Å². The Bertz CT molecular complexity index is 1470. The molecule has 1 atom stereocenters. The Labute approximate surface area is 203 Å². The van der Waals surface area contributed by atoms with Crippen LogP contribution < -0.4 is 4.90 Å². The van der Waals surface area contributed by atoms with E-state index in [2.05, 4.69) is 4.36 Å². The van der Waals surface area contributed by atoms with Crippen LogP contribution >= 0.6 is 0 Å². The summed E-state index contributed by atoms with van der Waals surface area (Å²) in [5.41, 5.74) is 3.72. The van der Waals surface area contributed by atoms with Crippen molar-refractivity contribution in [1.82, 2.24) is 0 Å². The van der Waals surface area contributed by atoms with Gasteiger partial charge in [-0.05, 0) is 54.2 Å².